The average Bonchev–Trinajstić information content (AvgIpc) is 3.16. The predicted molar refractivity (Wildman–Crippen MR) is 104 cm³/mol. The first-order valence-electron chi connectivity index (χ1n) is 8.13. The lowest BCUT2D eigenvalue weighted by atomic mass is 10.0. The topological polar surface area (TPSA) is 45.7 Å². The van der Waals surface area contributed by atoms with Crippen LogP contribution >= 0.6 is 22.9 Å². The van der Waals surface area contributed by atoms with Gasteiger partial charge in [0.1, 0.15) is 6.04 Å². The van der Waals surface area contributed by atoms with Crippen LogP contribution in [0.25, 0.3) is 0 Å². The van der Waals surface area contributed by atoms with E-state index in [9.17, 15) is 4.79 Å². The van der Waals surface area contributed by atoms with E-state index in [0.29, 0.717) is 5.02 Å². The van der Waals surface area contributed by atoms with E-state index in [1.165, 1.54) is 10.4 Å². The van der Waals surface area contributed by atoms with E-state index >= 15 is 0 Å². The van der Waals surface area contributed by atoms with Gasteiger partial charge in [0.15, 0.2) is 6.04 Å². The van der Waals surface area contributed by atoms with Crippen molar-refractivity contribution in [2.24, 2.45) is 0 Å². The Morgan fingerprint density at radius 1 is 1.04 bits per heavy atom. The first-order valence-corrected chi connectivity index (χ1v) is 9.39. The summed E-state index contributed by atoms with van der Waals surface area (Å²) in [7, 11) is 0. The fraction of sp³-hybridized carbons (Fsp3) is 0.150. The average molecular weight is 372 g/mol. The van der Waals surface area contributed by atoms with Gasteiger partial charge in [-0.15, -0.1) is 11.3 Å². The van der Waals surface area contributed by atoms with Gasteiger partial charge in [0.25, 0.3) is 5.91 Å². The van der Waals surface area contributed by atoms with Gasteiger partial charge in [-0.05, 0) is 42.6 Å². The molecule has 0 saturated carbocycles. The number of thiophene rings is 1. The van der Waals surface area contributed by atoms with Crippen LogP contribution in [0.15, 0.2) is 72.1 Å². The van der Waals surface area contributed by atoms with Crippen molar-refractivity contribution in [2.45, 2.75) is 19.0 Å². The number of halogens is 1. The minimum Gasteiger partial charge on any atom is -0.326 e. The van der Waals surface area contributed by atoms with Gasteiger partial charge in [-0.3, -0.25) is 4.79 Å². The minimum absolute atomic E-state index is 0.0280. The van der Waals surface area contributed by atoms with Gasteiger partial charge < -0.3 is 10.6 Å². The quantitative estimate of drug-likeness (QED) is 0.673. The summed E-state index contributed by atoms with van der Waals surface area (Å²) in [5, 5.41) is 7.77. The number of anilines is 1. The monoisotopic (exact) mass is 371 g/mol. The number of quaternary nitrogens is 1. The molecular weight excluding hydrogens is 352 g/mol. The summed E-state index contributed by atoms with van der Waals surface area (Å²) in [6.45, 7) is 1.93. The number of carbonyl (C=O) groups excluding carboxylic acids is 1. The van der Waals surface area contributed by atoms with Crippen LogP contribution < -0.4 is 10.6 Å². The smallest absolute Gasteiger partial charge is 0.282 e. The largest absolute Gasteiger partial charge is 0.326 e. The van der Waals surface area contributed by atoms with Gasteiger partial charge in [-0.25, -0.2) is 0 Å². The third-order valence-corrected chi connectivity index (χ3v) is 5.22. The molecule has 2 atom stereocenters. The number of nitrogens with one attached hydrogen (secondary N) is 1. The van der Waals surface area contributed by atoms with Crippen LogP contribution in [0.2, 0.25) is 5.02 Å². The van der Waals surface area contributed by atoms with Crippen molar-refractivity contribution in [3.8, 4) is 0 Å². The second-order valence-electron chi connectivity index (χ2n) is 5.88. The van der Waals surface area contributed by atoms with Crippen LogP contribution in [0.5, 0.6) is 0 Å². The van der Waals surface area contributed by atoms with Crippen molar-refractivity contribution in [2.75, 3.05) is 5.32 Å². The fourth-order valence-electron chi connectivity index (χ4n) is 2.66. The van der Waals surface area contributed by atoms with E-state index in [4.69, 9.17) is 11.6 Å². The molecule has 3 rings (SSSR count). The van der Waals surface area contributed by atoms with E-state index in [-0.39, 0.29) is 18.0 Å². The fourth-order valence-corrected chi connectivity index (χ4v) is 3.62. The number of carbonyl (C=O) groups is 1. The zero-order chi connectivity index (χ0) is 17.6. The molecule has 0 radical (unpaired) electrons. The molecule has 0 aliphatic heterocycles. The summed E-state index contributed by atoms with van der Waals surface area (Å²) in [5.41, 5.74) is 1.94. The van der Waals surface area contributed by atoms with Gasteiger partial charge in [0.2, 0.25) is 0 Å². The number of amides is 1. The lowest BCUT2D eigenvalue weighted by molar-refractivity contribution is -0.703. The summed E-state index contributed by atoms with van der Waals surface area (Å²) in [5.74, 6) is -0.0280. The Balaban J connectivity index is 1.72. The molecule has 1 heterocycles. The Kier molecular flexibility index (Phi) is 5.87. The van der Waals surface area contributed by atoms with Crippen molar-refractivity contribution in [1.82, 2.24) is 0 Å². The molecule has 0 spiro atoms. The molecule has 0 aliphatic carbocycles. The number of nitrogens with two attached hydrogens (primary N) is 1. The molecule has 25 heavy (non-hydrogen) atoms. The maximum absolute atomic E-state index is 12.6. The summed E-state index contributed by atoms with van der Waals surface area (Å²) in [4.78, 5) is 13.8. The van der Waals surface area contributed by atoms with E-state index in [2.05, 4.69) is 34.2 Å². The predicted octanol–water partition coefficient (Wildman–Crippen LogP) is 4.08. The summed E-state index contributed by atoms with van der Waals surface area (Å²) in [6.07, 6.45) is 0. The SMILES string of the molecule is C[C@@H]([NH2+][C@@H](c1ccccc1)c1cccs1)C(=O)Nc1ccc(Cl)cc1. The van der Waals surface area contributed by atoms with Crippen LogP contribution in [0, 0.1) is 0 Å². The van der Waals surface area contributed by atoms with Crippen LogP contribution in [0.4, 0.5) is 5.69 Å². The summed E-state index contributed by atoms with van der Waals surface area (Å²) in [6, 6.07) is 21.4. The zero-order valence-corrected chi connectivity index (χ0v) is 15.4. The van der Waals surface area contributed by atoms with Crippen molar-refractivity contribution in [1.29, 1.82) is 0 Å². The molecule has 128 valence electrons. The molecule has 0 unspecified atom stereocenters. The Labute approximate surface area is 156 Å². The van der Waals surface area contributed by atoms with Crippen molar-refractivity contribution in [3.63, 3.8) is 0 Å². The highest BCUT2D eigenvalue weighted by molar-refractivity contribution is 7.10. The van der Waals surface area contributed by atoms with Gasteiger partial charge in [-0.1, -0.05) is 48.0 Å². The Morgan fingerprint density at radius 2 is 1.76 bits per heavy atom. The highest BCUT2D eigenvalue weighted by Gasteiger charge is 2.25. The Bertz CT molecular complexity index is 803. The van der Waals surface area contributed by atoms with Crippen molar-refractivity contribution in [3.05, 3.63) is 87.6 Å². The Hall–Kier alpha value is -2.14. The first kappa shape index (κ1) is 17.7. The van der Waals surface area contributed by atoms with Crippen LogP contribution in [0.3, 0.4) is 0 Å². The van der Waals surface area contributed by atoms with Crippen molar-refractivity contribution < 1.29 is 10.1 Å². The lowest BCUT2D eigenvalue weighted by Crippen LogP contribution is -2.92. The molecule has 1 aromatic heterocycles. The molecule has 5 heteroatoms. The molecule has 3 N–H and O–H groups in total. The normalized spacial score (nSPS) is 13.2. The molecule has 0 fully saturated rings. The van der Waals surface area contributed by atoms with Gasteiger partial charge >= 0.3 is 0 Å². The van der Waals surface area contributed by atoms with E-state index in [1.807, 2.05) is 31.2 Å². The number of hydrogen-bond donors (Lipinski definition) is 2. The van der Waals surface area contributed by atoms with E-state index in [0.717, 1.165) is 5.69 Å². The first-order chi connectivity index (χ1) is 12.1. The van der Waals surface area contributed by atoms with E-state index < -0.39 is 0 Å². The molecule has 0 saturated heterocycles. The van der Waals surface area contributed by atoms with Gasteiger partial charge in [-0.2, -0.15) is 0 Å². The minimum atomic E-state index is -0.233. The maximum Gasteiger partial charge on any atom is 0.282 e. The highest BCUT2D eigenvalue weighted by atomic mass is 35.5. The van der Waals surface area contributed by atoms with Crippen molar-refractivity contribution >= 4 is 34.5 Å². The number of benzene rings is 2. The van der Waals surface area contributed by atoms with Gasteiger partial charge in [0, 0.05) is 16.3 Å². The highest BCUT2D eigenvalue weighted by Crippen LogP contribution is 2.22. The number of hydrogen-bond acceptors (Lipinski definition) is 2. The summed E-state index contributed by atoms with van der Waals surface area (Å²) < 4.78 is 0. The molecule has 0 bridgehead atoms. The second kappa shape index (κ2) is 8.30. The molecule has 2 aromatic carbocycles. The molecule has 0 aliphatic rings. The second-order valence-corrected chi connectivity index (χ2v) is 7.30. The van der Waals surface area contributed by atoms with Crippen LogP contribution in [0.1, 0.15) is 23.4 Å². The number of rotatable bonds is 6. The van der Waals surface area contributed by atoms with Crippen LogP contribution in [-0.2, 0) is 4.79 Å². The third-order valence-electron chi connectivity index (χ3n) is 4.01. The standard InChI is InChI=1S/C20H19ClN2OS/c1-14(20(24)23-17-11-9-16(21)10-12-17)22-19(18-8-5-13-25-18)15-6-3-2-4-7-15/h2-14,19,22H,1H3,(H,23,24)/p+1/t14-,19+/m1/s1. The van der Waals surface area contributed by atoms with Crippen LogP contribution in [-0.4, -0.2) is 11.9 Å². The zero-order valence-electron chi connectivity index (χ0n) is 13.9. The Morgan fingerprint density at radius 3 is 2.40 bits per heavy atom. The maximum atomic E-state index is 12.6. The molecule has 1 amide bonds. The van der Waals surface area contributed by atoms with E-state index in [1.54, 1.807) is 35.6 Å². The summed E-state index contributed by atoms with van der Waals surface area (Å²) >= 11 is 7.59. The van der Waals surface area contributed by atoms with Gasteiger partial charge in [0.05, 0.1) is 4.88 Å². The molecular formula is C20H20ClN2OS+. The third kappa shape index (κ3) is 4.69. The molecule has 3 aromatic rings. The molecule has 3 nitrogen and oxygen atoms in total. The lowest BCUT2D eigenvalue weighted by Gasteiger charge is -2.19.